The van der Waals surface area contributed by atoms with Crippen LogP contribution in [0.15, 0.2) is 35.2 Å². The summed E-state index contributed by atoms with van der Waals surface area (Å²) in [6, 6.07) is 9.85. The van der Waals surface area contributed by atoms with Crippen molar-refractivity contribution >= 4 is 10.0 Å². The van der Waals surface area contributed by atoms with Crippen molar-refractivity contribution in [3.05, 3.63) is 58.1 Å². The Morgan fingerprint density at radius 2 is 1.74 bits per heavy atom. The van der Waals surface area contributed by atoms with Crippen molar-refractivity contribution in [3.63, 3.8) is 0 Å². The van der Waals surface area contributed by atoms with Gasteiger partial charge < -0.3 is 4.74 Å². The molecule has 0 fully saturated rings. The Morgan fingerprint density at radius 1 is 1.04 bits per heavy atom. The van der Waals surface area contributed by atoms with E-state index in [1.54, 1.807) is 26.2 Å². The number of ether oxygens (including phenoxy) is 1. The Bertz CT molecular complexity index is 902. The van der Waals surface area contributed by atoms with Crippen LogP contribution < -0.4 is 9.46 Å². The molecule has 0 spiro atoms. The Morgan fingerprint density at radius 3 is 2.30 bits per heavy atom. The van der Waals surface area contributed by atoms with Crippen LogP contribution in [0.2, 0.25) is 0 Å². The maximum Gasteiger partial charge on any atom is 0.241 e. The van der Waals surface area contributed by atoms with Gasteiger partial charge in [-0.2, -0.15) is 0 Å². The van der Waals surface area contributed by atoms with Crippen LogP contribution in [0.3, 0.4) is 0 Å². The molecule has 5 heteroatoms. The van der Waals surface area contributed by atoms with E-state index in [4.69, 9.17) is 4.74 Å². The summed E-state index contributed by atoms with van der Waals surface area (Å²) in [7, 11) is -2.01. The van der Waals surface area contributed by atoms with Crippen molar-refractivity contribution in [1.82, 2.24) is 4.72 Å². The molecule has 0 aromatic heterocycles. The van der Waals surface area contributed by atoms with Gasteiger partial charge in [0.05, 0.1) is 12.0 Å². The van der Waals surface area contributed by atoms with E-state index in [2.05, 4.69) is 36.8 Å². The van der Waals surface area contributed by atoms with Gasteiger partial charge >= 0.3 is 0 Å². The molecule has 27 heavy (non-hydrogen) atoms. The molecule has 2 aromatic rings. The lowest BCUT2D eigenvalue weighted by Crippen LogP contribution is -2.25. The summed E-state index contributed by atoms with van der Waals surface area (Å²) in [5.41, 5.74) is 5.00. The van der Waals surface area contributed by atoms with Gasteiger partial charge in [0, 0.05) is 6.54 Å². The molecular formula is C22H31NO3S. The van der Waals surface area contributed by atoms with E-state index in [9.17, 15) is 8.42 Å². The van der Waals surface area contributed by atoms with E-state index in [1.807, 2.05) is 13.8 Å². The summed E-state index contributed by atoms with van der Waals surface area (Å²) in [5, 5.41) is 0. The lowest BCUT2D eigenvalue weighted by molar-refractivity contribution is 0.406. The van der Waals surface area contributed by atoms with Crippen LogP contribution >= 0.6 is 0 Å². The van der Waals surface area contributed by atoms with Gasteiger partial charge in [0.15, 0.2) is 0 Å². The molecule has 1 N–H and O–H groups in total. The van der Waals surface area contributed by atoms with Crippen LogP contribution in [0.25, 0.3) is 0 Å². The lowest BCUT2D eigenvalue weighted by atomic mass is 10.0. The fourth-order valence-corrected chi connectivity index (χ4v) is 4.52. The van der Waals surface area contributed by atoms with E-state index in [0.717, 1.165) is 29.7 Å². The first-order valence-electron chi connectivity index (χ1n) is 9.52. The van der Waals surface area contributed by atoms with E-state index in [-0.39, 0.29) is 5.92 Å². The normalized spacial score (nSPS) is 11.8. The molecule has 0 saturated heterocycles. The number of methoxy groups -OCH3 is 1. The molecule has 0 aliphatic carbocycles. The highest BCUT2D eigenvalue weighted by atomic mass is 32.2. The second kappa shape index (κ2) is 8.89. The van der Waals surface area contributed by atoms with Crippen molar-refractivity contribution in [2.24, 2.45) is 0 Å². The first-order chi connectivity index (χ1) is 12.7. The van der Waals surface area contributed by atoms with Crippen LogP contribution in [0.1, 0.15) is 61.4 Å². The average Bonchev–Trinajstić information content (AvgIpc) is 2.65. The minimum Gasteiger partial charge on any atom is -0.496 e. The highest BCUT2D eigenvalue weighted by Crippen LogP contribution is 2.31. The first-order valence-corrected chi connectivity index (χ1v) is 11.0. The van der Waals surface area contributed by atoms with E-state index in [1.165, 1.54) is 11.1 Å². The van der Waals surface area contributed by atoms with E-state index in [0.29, 0.717) is 17.0 Å². The number of aryl methyl sites for hydroxylation is 3. The summed E-state index contributed by atoms with van der Waals surface area (Å²) in [4.78, 5) is 0.316. The van der Waals surface area contributed by atoms with Gasteiger partial charge in [-0.05, 0) is 65.6 Å². The summed E-state index contributed by atoms with van der Waals surface area (Å²) in [5.74, 6) is 0.896. The van der Waals surface area contributed by atoms with Crippen molar-refractivity contribution < 1.29 is 13.2 Å². The van der Waals surface area contributed by atoms with E-state index < -0.39 is 10.0 Å². The molecule has 0 aliphatic heterocycles. The standard InChI is InChI=1S/C22H31NO3S/c1-7-17-9-10-18(8-2)19(12-17)14-23-27(24,25)22-13-20(15(3)4)21(26-6)11-16(22)5/h9-13,15,23H,7-8,14H2,1-6H3. The maximum atomic E-state index is 13.0. The zero-order valence-electron chi connectivity index (χ0n) is 17.2. The van der Waals surface area contributed by atoms with Crippen LogP contribution in [-0.2, 0) is 29.4 Å². The van der Waals surface area contributed by atoms with Gasteiger partial charge in [0.1, 0.15) is 5.75 Å². The zero-order chi connectivity index (χ0) is 20.2. The molecule has 0 aliphatic rings. The van der Waals surface area contributed by atoms with Crippen LogP contribution in [0.5, 0.6) is 5.75 Å². The largest absolute Gasteiger partial charge is 0.496 e. The van der Waals surface area contributed by atoms with Crippen molar-refractivity contribution in [1.29, 1.82) is 0 Å². The number of benzene rings is 2. The maximum absolute atomic E-state index is 13.0. The molecule has 0 saturated carbocycles. The molecule has 2 aromatic carbocycles. The van der Waals surface area contributed by atoms with Gasteiger partial charge in [-0.25, -0.2) is 13.1 Å². The molecule has 0 bridgehead atoms. The van der Waals surface area contributed by atoms with Gasteiger partial charge in [-0.1, -0.05) is 45.9 Å². The molecule has 0 unspecified atom stereocenters. The fraction of sp³-hybridized carbons (Fsp3) is 0.455. The topological polar surface area (TPSA) is 55.4 Å². The predicted octanol–water partition coefficient (Wildman–Crippen LogP) is 4.73. The molecule has 4 nitrogen and oxygen atoms in total. The van der Waals surface area contributed by atoms with Crippen LogP contribution in [0, 0.1) is 6.92 Å². The van der Waals surface area contributed by atoms with Crippen molar-refractivity contribution in [2.75, 3.05) is 7.11 Å². The van der Waals surface area contributed by atoms with Gasteiger partial charge in [0.25, 0.3) is 0 Å². The Kier molecular flexibility index (Phi) is 7.06. The predicted molar refractivity (Wildman–Crippen MR) is 111 cm³/mol. The van der Waals surface area contributed by atoms with Crippen molar-refractivity contribution in [2.45, 2.75) is 64.8 Å². The highest BCUT2D eigenvalue weighted by molar-refractivity contribution is 7.89. The second-order valence-electron chi connectivity index (χ2n) is 7.15. The Hall–Kier alpha value is -1.85. The third-order valence-electron chi connectivity index (χ3n) is 4.95. The second-order valence-corrected chi connectivity index (χ2v) is 8.88. The lowest BCUT2D eigenvalue weighted by Gasteiger charge is -2.17. The van der Waals surface area contributed by atoms with Gasteiger partial charge in [-0.15, -0.1) is 0 Å². The third-order valence-corrected chi connectivity index (χ3v) is 6.49. The average molecular weight is 390 g/mol. The minimum atomic E-state index is -3.62. The number of rotatable bonds is 8. The minimum absolute atomic E-state index is 0.169. The quantitative estimate of drug-likeness (QED) is 0.710. The Balaban J connectivity index is 2.36. The SMILES string of the molecule is CCc1ccc(CC)c(CNS(=O)(=O)c2cc(C(C)C)c(OC)cc2C)c1. The summed E-state index contributed by atoms with van der Waals surface area (Å²) in [6.07, 6.45) is 1.80. The Labute approximate surface area is 164 Å². The number of hydrogen-bond donors (Lipinski definition) is 1. The van der Waals surface area contributed by atoms with Crippen LogP contribution in [0.4, 0.5) is 0 Å². The summed E-state index contributed by atoms with van der Waals surface area (Å²) in [6.45, 7) is 10.3. The monoisotopic (exact) mass is 389 g/mol. The fourth-order valence-electron chi connectivity index (χ4n) is 3.25. The van der Waals surface area contributed by atoms with Crippen LogP contribution in [-0.4, -0.2) is 15.5 Å². The third kappa shape index (κ3) is 4.90. The summed E-state index contributed by atoms with van der Waals surface area (Å²) >= 11 is 0. The van der Waals surface area contributed by atoms with E-state index >= 15 is 0 Å². The zero-order valence-corrected chi connectivity index (χ0v) is 18.0. The molecule has 2 rings (SSSR count). The van der Waals surface area contributed by atoms with Crippen molar-refractivity contribution in [3.8, 4) is 5.75 Å². The highest BCUT2D eigenvalue weighted by Gasteiger charge is 2.21. The first kappa shape index (κ1) is 21.5. The molecule has 0 amide bonds. The van der Waals surface area contributed by atoms with Gasteiger partial charge in [0.2, 0.25) is 10.0 Å². The smallest absolute Gasteiger partial charge is 0.241 e. The number of nitrogens with one attached hydrogen (secondary N) is 1. The molecule has 0 atom stereocenters. The molecule has 148 valence electrons. The number of hydrogen-bond acceptors (Lipinski definition) is 3. The number of sulfonamides is 1. The molecule has 0 heterocycles. The summed E-state index contributed by atoms with van der Waals surface area (Å²) < 4.78 is 34.2. The van der Waals surface area contributed by atoms with Gasteiger partial charge in [-0.3, -0.25) is 0 Å². The molecule has 0 radical (unpaired) electrons. The molecular weight excluding hydrogens is 358 g/mol.